The Kier molecular flexibility index (Phi) is 17.2. The second-order valence-electron chi connectivity index (χ2n) is 16.2. The Morgan fingerprint density at radius 1 is 0.806 bits per heavy atom. The number of carbonyl (C=O) groups excluding carboxylic acids is 5. The Morgan fingerprint density at radius 3 is 1.82 bits per heavy atom. The maximum atomic E-state index is 12.0. The normalized spacial score (nSPS) is 29.5. The number of ether oxygens (including phenoxy) is 5. The highest BCUT2D eigenvalue weighted by Gasteiger charge is 2.54. The zero-order chi connectivity index (χ0) is 46.9. The fraction of sp³-hybridized carbons (Fsp3) is 0.600. The van der Waals surface area contributed by atoms with Gasteiger partial charge in [0, 0.05) is 54.1 Å². The smallest absolute Gasteiger partial charge is 0.373 e. The molecule has 1 amide bonds. The van der Waals surface area contributed by atoms with Crippen LogP contribution in [0.15, 0.2) is 61.6 Å². The summed E-state index contributed by atoms with van der Waals surface area (Å²) in [6.45, 7) is 13.7. The summed E-state index contributed by atoms with van der Waals surface area (Å²) in [6, 6.07) is 1.28. The van der Waals surface area contributed by atoms with Gasteiger partial charge in [0.1, 0.15) is 12.5 Å². The first-order chi connectivity index (χ1) is 29.0. The standard InChI is InChI=1S/C15H21NO5.C13H18N2O6.C11H16N2O4.CO2/c1-8-5-10(9(2)16-13(8)18)11-6-15(3,14(19)20-4)12(7-17)21-11;1-7-5-15(12(19)14-10(7)17)9-4-13(2,11(18)20-3)8(6-16)21-9;1-11(2)5-9(17-7(11)6-14)13-4-3-8(15)12-10(13)16;2-1-3/h5,10-12,17H,2,6-7H2,1,3-4H3,(H,16,18);5,8-9,16H,4,6H2,1-3H3,(H,14,17,19);3-4,7,9,14H,5-6H2,1-2H3,(H,12,15,16);/t10?,11-,12-,15?;8-,9+,13?;7-,9+;/m111./s1. The Bertz CT molecular complexity index is 2270. The lowest BCUT2D eigenvalue weighted by Gasteiger charge is -2.27. The molecule has 6 heterocycles. The molecule has 3 unspecified atom stereocenters. The number of amides is 1. The monoisotopic (exact) mass is 877 g/mol. The van der Waals surface area contributed by atoms with E-state index < -0.39 is 69.9 Å². The number of esters is 2. The third-order valence-corrected chi connectivity index (χ3v) is 11.5. The van der Waals surface area contributed by atoms with Crippen molar-refractivity contribution in [2.24, 2.45) is 22.2 Å². The van der Waals surface area contributed by atoms with Crippen LogP contribution in [0.2, 0.25) is 0 Å². The lowest BCUT2D eigenvalue weighted by molar-refractivity contribution is -0.191. The number of aromatic nitrogens is 4. The molecule has 342 valence electrons. The van der Waals surface area contributed by atoms with Crippen LogP contribution in [0.3, 0.4) is 0 Å². The predicted octanol–water partition coefficient (Wildman–Crippen LogP) is -0.915. The minimum atomic E-state index is -1.06. The highest BCUT2D eigenvalue weighted by atomic mass is 16.6. The summed E-state index contributed by atoms with van der Waals surface area (Å²) < 4.78 is 29.2. The van der Waals surface area contributed by atoms with E-state index in [4.69, 9.17) is 33.3 Å². The minimum absolute atomic E-state index is 0.0817. The van der Waals surface area contributed by atoms with Gasteiger partial charge < -0.3 is 44.3 Å². The van der Waals surface area contributed by atoms with Gasteiger partial charge in [-0.1, -0.05) is 26.5 Å². The molecule has 0 aromatic carbocycles. The zero-order valence-corrected chi connectivity index (χ0v) is 35.8. The van der Waals surface area contributed by atoms with Crippen LogP contribution in [0.4, 0.5) is 0 Å². The number of hydrogen-bond acceptors (Lipinski definition) is 17. The molecule has 6 N–H and O–H groups in total. The van der Waals surface area contributed by atoms with E-state index in [2.05, 4.69) is 21.9 Å². The number of aliphatic hydroxyl groups is 3. The Balaban J connectivity index is 0.000000241. The summed E-state index contributed by atoms with van der Waals surface area (Å²) in [5.74, 6) is -1.32. The number of rotatable bonds is 8. The summed E-state index contributed by atoms with van der Waals surface area (Å²) in [7, 11) is 2.57. The molecule has 0 spiro atoms. The molecule has 3 saturated heterocycles. The molecule has 0 bridgehead atoms. The van der Waals surface area contributed by atoms with Crippen LogP contribution in [0, 0.1) is 29.1 Å². The lowest BCUT2D eigenvalue weighted by Crippen LogP contribution is -2.39. The average molecular weight is 878 g/mol. The number of nitrogens with one attached hydrogen (secondary N) is 3. The lowest BCUT2D eigenvalue weighted by atomic mass is 9.79. The van der Waals surface area contributed by atoms with E-state index in [1.807, 2.05) is 13.8 Å². The first kappa shape index (κ1) is 50.7. The molecule has 9 atom stereocenters. The molecule has 6 rings (SSSR count). The Labute approximate surface area is 354 Å². The van der Waals surface area contributed by atoms with Crippen LogP contribution in [-0.2, 0) is 47.7 Å². The molecule has 3 fully saturated rings. The topological polar surface area (TPSA) is 314 Å². The van der Waals surface area contributed by atoms with Crippen molar-refractivity contribution in [3.05, 3.63) is 89.6 Å². The van der Waals surface area contributed by atoms with Gasteiger partial charge in [0.15, 0.2) is 0 Å². The van der Waals surface area contributed by atoms with Crippen LogP contribution >= 0.6 is 0 Å². The van der Waals surface area contributed by atoms with Crippen molar-refractivity contribution < 1.29 is 63.0 Å². The first-order valence-corrected chi connectivity index (χ1v) is 19.3. The summed E-state index contributed by atoms with van der Waals surface area (Å²) in [5.41, 5.74) is -2.69. The van der Waals surface area contributed by atoms with E-state index in [1.54, 1.807) is 33.8 Å². The largest absolute Gasteiger partial charge is 0.469 e. The first-order valence-electron chi connectivity index (χ1n) is 19.3. The zero-order valence-electron chi connectivity index (χ0n) is 35.8. The number of H-pyrrole nitrogens is 2. The molecule has 62 heavy (non-hydrogen) atoms. The molecule has 2 aromatic rings. The van der Waals surface area contributed by atoms with Crippen LogP contribution < -0.4 is 27.8 Å². The summed E-state index contributed by atoms with van der Waals surface area (Å²) in [4.78, 5) is 102. The minimum Gasteiger partial charge on any atom is -0.469 e. The van der Waals surface area contributed by atoms with Crippen LogP contribution in [0.1, 0.15) is 71.9 Å². The van der Waals surface area contributed by atoms with E-state index in [0.29, 0.717) is 29.7 Å². The number of aryl methyl sites for hydroxylation is 1. The molecule has 22 nitrogen and oxygen atoms in total. The van der Waals surface area contributed by atoms with Crippen molar-refractivity contribution in [3.8, 4) is 0 Å². The van der Waals surface area contributed by atoms with E-state index in [0.717, 1.165) is 0 Å². The third-order valence-electron chi connectivity index (χ3n) is 11.5. The second kappa shape index (κ2) is 21.0. The third kappa shape index (κ3) is 11.1. The Morgan fingerprint density at radius 2 is 1.31 bits per heavy atom. The molecular weight excluding hydrogens is 822 g/mol. The van der Waals surface area contributed by atoms with Gasteiger partial charge in [-0.3, -0.25) is 43.1 Å². The van der Waals surface area contributed by atoms with Gasteiger partial charge in [-0.15, -0.1) is 0 Å². The molecule has 0 saturated carbocycles. The van der Waals surface area contributed by atoms with Gasteiger partial charge in [-0.2, -0.15) is 9.59 Å². The van der Waals surface area contributed by atoms with E-state index >= 15 is 0 Å². The number of hydrogen-bond donors (Lipinski definition) is 6. The van der Waals surface area contributed by atoms with Crippen molar-refractivity contribution in [1.29, 1.82) is 0 Å². The van der Waals surface area contributed by atoms with Crippen molar-refractivity contribution in [1.82, 2.24) is 24.4 Å². The fourth-order valence-corrected chi connectivity index (χ4v) is 7.62. The van der Waals surface area contributed by atoms with Gasteiger partial charge in [-0.25, -0.2) is 9.59 Å². The average Bonchev–Trinajstić information content (AvgIpc) is 3.86. The van der Waals surface area contributed by atoms with Gasteiger partial charge in [0.2, 0.25) is 0 Å². The SMILES string of the molecule is C=C1NC(=O)C(C)=CC1[C@H]1CC(C)(C(=O)OC)[C@@H](CO)O1.CC1(C)C[C@@H](n2ccc(=O)[nH]c2=O)O[C@@H]1CO.COC(=O)C1(C)C[C@@H](n2cc(C)c(=O)[nH]c2=O)O[C@@H]1CO.O=C=O. The highest BCUT2D eigenvalue weighted by molar-refractivity contribution is 5.95. The van der Waals surface area contributed by atoms with Gasteiger partial charge in [-0.05, 0) is 39.5 Å². The molecule has 4 aliphatic heterocycles. The summed E-state index contributed by atoms with van der Waals surface area (Å²) in [6.07, 6.45) is 2.77. The van der Waals surface area contributed by atoms with E-state index in [1.165, 1.54) is 41.8 Å². The fourth-order valence-electron chi connectivity index (χ4n) is 7.62. The second-order valence-corrected chi connectivity index (χ2v) is 16.2. The van der Waals surface area contributed by atoms with Gasteiger partial charge in [0.05, 0.1) is 69.3 Å². The molecule has 0 aliphatic carbocycles. The van der Waals surface area contributed by atoms with Crippen LogP contribution in [-0.4, -0.2) is 117 Å². The number of methoxy groups -OCH3 is 2. The molecule has 0 radical (unpaired) electrons. The van der Waals surface area contributed by atoms with Crippen LogP contribution in [0.5, 0.6) is 0 Å². The van der Waals surface area contributed by atoms with Gasteiger partial charge >= 0.3 is 29.5 Å². The number of carbonyl (C=O) groups is 3. The number of aromatic amines is 2. The molecular formula is C40H55N5O17. The molecule has 2 aromatic heterocycles. The van der Waals surface area contributed by atoms with Crippen LogP contribution in [0.25, 0.3) is 0 Å². The number of nitrogens with zero attached hydrogens (tertiary/aromatic N) is 2. The highest BCUT2D eigenvalue weighted by Crippen LogP contribution is 2.45. The van der Waals surface area contributed by atoms with E-state index in [9.17, 15) is 48.9 Å². The molecule has 4 aliphatic rings. The van der Waals surface area contributed by atoms with Crippen molar-refractivity contribution in [3.63, 3.8) is 0 Å². The predicted molar refractivity (Wildman–Crippen MR) is 213 cm³/mol. The number of aliphatic hydroxyl groups excluding tert-OH is 3. The van der Waals surface area contributed by atoms with Crippen molar-refractivity contribution in [2.75, 3.05) is 34.0 Å². The Hall–Kier alpha value is -5.61. The quantitative estimate of drug-likeness (QED) is 0.175. The maximum absolute atomic E-state index is 12.0. The van der Waals surface area contributed by atoms with Crippen molar-refractivity contribution in [2.45, 2.75) is 97.7 Å². The maximum Gasteiger partial charge on any atom is 0.373 e. The summed E-state index contributed by atoms with van der Waals surface area (Å²) in [5, 5.41) is 30.8. The van der Waals surface area contributed by atoms with E-state index in [-0.39, 0.29) is 61.8 Å². The van der Waals surface area contributed by atoms with Crippen molar-refractivity contribution >= 4 is 24.0 Å². The van der Waals surface area contributed by atoms with Gasteiger partial charge in [0.25, 0.3) is 17.0 Å². The summed E-state index contributed by atoms with van der Waals surface area (Å²) >= 11 is 0. The molecule has 22 heteroatoms.